The predicted molar refractivity (Wildman–Crippen MR) is 109 cm³/mol. The molecule has 4 rings (SSSR count). The quantitative estimate of drug-likeness (QED) is 0.303. The summed E-state index contributed by atoms with van der Waals surface area (Å²) in [6.45, 7) is 1.13. The molecule has 2 aliphatic rings. The van der Waals surface area contributed by atoms with Crippen LogP contribution in [0.1, 0.15) is 48.8 Å². The fourth-order valence-corrected chi connectivity index (χ4v) is 4.14. The second-order valence-electron chi connectivity index (χ2n) is 7.97. The highest BCUT2D eigenvalue weighted by Gasteiger charge is 2.24. The first kappa shape index (κ1) is 21.5. The first-order valence-electron chi connectivity index (χ1n) is 10.5. The number of rotatable bonds is 5. The SMILES string of the molecule is Fc1c(F)c(F)c(C=CC2=NCCc3cc(OCC4CCCCC4)ccc32)c(F)c1F. The average molecular weight is 435 g/mol. The Morgan fingerprint density at radius 2 is 1.55 bits per heavy atom. The number of hydrogen-bond acceptors (Lipinski definition) is 2. The Balaban J connectivity index is 1.53. The monoisotopic (exact) mass is 435 g/mol. The highest BCUT2D eigenvalue weighted by molar-refractivity contribution is 6.12. The van der Waals surface area contributed by atoms with E-state index in [2.05, 4.69) is 4.99 Å². The smallest absolute Gasteiger partial charge is 0.200 e. The number of benzene rings is 2. The fraction of sp³-hybridized carbons (Fsp3) is 0.375. The van der Waals surface area contributed by atoms with E-state index in [0.29, 0.717) is 31.2 Å². The Labute approximate surface area is 177 Å². The molecule has 2 aromatic rings. The maximum absolute atomic E-state index is 13.9. The first-order valence-corrected chi connectivity index (χ1v) is 10.5. The van der Waals surface area contributed by atoms with Crippen molar-refractivity contribution in [3.05, 3.63) is 70.1 Å². The maximum Gasteiger partial charge on any atom is 0.200 e. The molecule has 0 aromatic heterocycles. The van der Waals surface area contributed by atoms with Gasteiger partial charge in [0, 0.05) is 12.1 Å². The van der Waals surface area contributed by atoms with E-state index in [9.17, 15) is 22.0 Å². The molecule has 0 atom stereocenters. The lowest BCUT2D eigenvalue weighted by molar-refractivity contribution is 0.208. The van der Waals surface area contributed by atoms with Gasteiger partial charge in [0.15, 0.2) is 23.3 Å². The molecule has 0 bridgehead atoms. The van der Waals surface area contributed by atoms with Gasteiger partial charge in [-0.05, 0) is 61.1 Å². The Kier molecular flexibility index (Phi) is 6.39. The first-order chi connectivity index (χ1) is 15.0. The van der Waals surface area contributed by atoms with Crippen LogP contribution in [0.3, 0.4) is 0 Å². The Hall–Kier alpha value is -2.70. The average Bonchev–Trinajstić information content (AvgIpc) is 2.80. The van der Waals surface area contributed by atoms with Crippen molar-refractivity contribution in [2.45, 2.75) is 38.5 Å². The van der Waals surface area contributed by atoms with Crippen LogP contribution in [0.15, 0.2) is 29.3 Å². The summed E-state index contributed by atoms with van der Waals surface area (Å²) in [7, 11) is 0. The molecule has 1 saturated carbocycles. The Morgan fingerprint density at radius 3 is 2.26 bits per heavy atom. The van der Waals surface area contributed by atoms with Crippen LogP contribution in [0.5, 0.6) is 5.75 Å². The molecule has 31 heavy (non-hydrogen) atoms. The minimum atomic E-state index is -2.17. The number of nitrogens with zero attached hydrogens (tertiary/aromatic N) is 1. The highest BCUT2D eigenvalue weighted by atomic mass is 19.2. The summed E-state index contributed by atoms with van der Waals surface area (Å²) >= 11 is 0. The normalized spacial score (nSPS) is 17.0. The molecule has 1 heterocycles. The standard InChI is InChI=1S/C24H22F5NO/c25-20-18(21(26)23(28)24(29)22(20)27)8-9-19-17-7-6-16(12-15(17)10-11-30-19)31-13-14-4-2-1-3-5-14/h6-9,12,14H,1-5,10-11,13H2. The largest absolute Gasteiger partial charge is 0.493 e. The maximum atomic E-state index is 13.9. The van der Waals surface area contributed by atoms with Crippen molar-refractivity contribution in [1.82, 2.24) is 0 Å². The zero-order chi connectivity index (χ0) is 22.0. The summed E-state index contributed by atoms with van der Waals surface area (Å²) in [5, 5.41) is 0. The van der Waals surface area contributed by atoms with E-state index in [1.165, 1.54) is 38.2 Å². The molecule has 0 unspecified atom stereocenters. The van der Waals surface area contributed by atoms with Crippen LogP contribution in [-0.2, 0) is 6.42 Å². The highest BCUT2D eigenvalue weighted by Crippen LogP contribution is 2.28. The van der Waals surface area contributed by atoms with Crippen molar-refractivity contribution in [2.24, 2.45) is 10.9 Å². The van der Waals surface area contributed by atoms with E-state index in [1.54, 1.807) is 0 Å². The number of hydrogen-bond donors (Lipinski definition) is 0. The second-order valence-corrected chi connectivity index (χ2v) is 7.97. The van der Waals surface area contributed by atoms with Crippen molar-refractivity contribution in [3.63, 3.8) is 0 Å². The Morgan fingerprint density at radius 1 is 0.871 bits per heavy atom. The number of allylic oxidation sites excluding steroid dienone is 1. The number of halogens is 5. The van der Waals surface area contributed by atoms with Crippen LogP contribution < -0.4 is 4.74 Å². The number of fused-ring (bicyclic) bond motifs is 1. The number of ether oxygens (including phenoxy) is 1. The van der Waals surface area contributed by atoms with Gasteiger partial charge in [-0.25, -0.2) is 22.0 Å². The van der Waals surface area contributed by atoms with Gasteiger partial charge in [0.25, 0.3) is 0 Å². The van der Waals surface area contributed by atoms with Gasteiger partial charge in [0.1, 0.15) is 5.75 Å². The van der Waals surface area contributed by atoms with Crippen molar-refractivity contribution < 1.29 is 26.7 Å². The van der Waals surface area contributed by atoms with Crippen molar-refractivity contribution >= 4 is 11.8 Å². The van der Waals surface area contributed by atoms with Gasteiger partial charge in [0.2, 0.25) is 5.82 Å². The van der Waals surface area contributed by atoms with Crippen LogP contribution in [-0.4, -0.2) is 18.9 Å². The minimum Gasteiger partial charge on any atom is -0.493 e. The van der Waals surface area contributed by atoms with E-state index in [0.717, 1.165) is 23.0 Å². The van der Waals surface area contributed by atoms with Gasteiger partial charge in [-0.2, -0.15) is 0 Å². The van der Waals surface area contributed by atoms with Crippen molar-refractivity contribution in [3.8, 4) is 5.75 Å². The summed E-state index contributed by atoms with van der Waals surface area (Å²) in [4.78, 5) is 4.34. The van der Waals surface area contributed by atoms with E-state index < -0.39 is 34.6 Å². The van der Waals surface area contributed by atoms with Crippen molar-refractivity contribution in [1.29, 1.82) is 0 Å². The van der Waals surface area contributed by atoms with Gasteiger partial charge in [-0.15, -0.1) is 0 Å². The van der Waals surface area contributed by atoms with Gasteiger partial charge in [-0.1, -0.05) is 19.3 Å². The minimum absolute atomic E-state index is 0.420. The lowest BCUT2D eigenvalue weighted by atomic mass is 9.90. The molecule has 0 spiro atoms. The second kappa shape index (κ2) is 9.20. The van der Waals surface area contributed by atoms with Crippen LogP contribution in [0, 0.1) is 35.0 Å². The van der Waals surface area contributed by atoms with Gasteiger partial charge in [-0.3, -0.25) is 4.99 Å². The summed E-state index contributed by atoms with van der Waals surface area (Å²) in [6, 6.07) is 5.56. The molecule has 0 saturated heterocycles. The van der Waals surface area contributed by atoms with Crippen LogP contribution in [0.4, 0.5) is 22.0 Å². The third-order valence-corrected chi connectivity index (χ3v) is 5.88. The molecule has 7 heteroatoms. The zero-order valence-electron chi connectivity index (χ0n) is 16.9. The molecular weight excluding hydrogens is 413 g/mol. The molecule has 0 radical (unpaired) electrons. The lowest BCUT2D eigenvalue weighted by Gasteiger charge is -2.22. The topological polar surface area (TPSA) is 21.6 Å². The van der Waals surface area contributed by atoms with Crippen LogP contribution >= 0.6 is 0 Å². The van der Waals surface area contributed by atoms with Crippen LogP contribution in [0.25, 0.3) is 6.08 Å². The molecule has 2 aromatic carbocycles. The van der Waals surface area contributed by atoms with E-state index in [-0.39, 0.29) is 0 Å². The summed E-state index contributed by atoms with van der Waals surface area (Å²) < 4.78 is 73.9. The fourth-order valence-electron chi connectivity index (χ4n) is 4.14. The molecule has 0 amide bonds. The van der Waals surface area contributed by atoms with Gasteiger partial charge in [0.05, 0.1) is 17.9 Å². The lowest BCUT2D eigenvalue weighted by Crippen LogP contribution is -2.16. The van der Waals surface area contributed by atoms with Gasteiger partial charge < -0.3 is 4.74 Å². The summed E-state index contributed by atoms with van der Waals surface area (Å²) in [5.74, 6) is -8.51. The predicted octanol–water partition coefficient (Wildman–Crippen LogP) is 6.40. The van der Waals surface area contributed by atoms with E-state index in [4.69, 9.17) is 4.74 Å². The molecular formula is C24H22F5NO. The molecule has 2 nitrogen and oxygen atoms in total. The molecule has 1 aliphatic carbocycles. The molecule has 0 N–H and O–H groups in total. The van der Waals surface area contributed by atoms with E-state index >= 15 is 0 Å². The molecule has 164 valence electrons. The van der Waals surface area contributed by atoms with Crippen molar-refractivity contribution in [2.75, 3.05) is 13.2 Å². The molecule has 1 aliphatic heterocycles. The van der Waals surface area contributed by atoms with E-state index in [1.807, 2.05) is 18.2 Å². The summed E-state index contributed by atoms with van der Waals surface area (Å²) in [5.41, 5.74) is 1.15. The van der Waals surface area contributed by atoms with Gasteiger partial charge >= 0.3 is 0 Å². The third-order valence-electron chi connectivity index (χ3n) is 5.88. The zero-order valence-corrected chi connectivity index (χ0v) is 16.9. The Bertz CT molecular complexity index is 1010. The van der Waals surface area contributed by atoms with Crippen LogP contribution in [0.2, 0.25) is 0 Å². The third kappa shape index (κ3) is 4.50. The number of aliphatic imine (C=N–C) groups is 1. The molecule has 1 fully saturated rings. The summed E-state index contributed by atoms with van der Waals surface area (Å²) in [6.07, 6.45) is 8.97.